The number of rotatable bonds is 7. The van der Waals surface area contributed by atoms with E-state index in [0.717, 1.165) is 6.42 Å². The number of amides is 3. The molecule has 1 atom stereocenters. The molecule has 0 unspecified atom stereocenters. The lowest BCUT2D eigenvalue weighted by atomic mass is 9.96. The molecular weight excluding hydrogens is 374 g/mol. The molecule has 2 aliphatic heterocycles. The molecule has 0 aromatic heterocycles. The highest BCUT2D eigenvalue weighted by Crippen LogP contribution is 2.45. The molecule has 0 aliphatic carbocycles. The normalized spacial score (nSPS) is 20.0. The van der Waals surface area contributed by atoms with E-state index in [1.807, 2.05) is 6.92 Å². The highest BCUT2D eigenvalue weighted by atomic mass is 16.5. The number of esters is 1. The number of anilines is 1. The first-order valence-corrected chi connectivity index (χ1v) is 9.58. The fourth-order valence-corrected chi connectivity index (χ4v) is 3.82. The fourth-order valence-electron chi connectivity index (χ4n) is 3.82. The Morgan fingerprint density at radius 1 is 1.31 bits per heavy atom. The van der Waals surface area contributed by atoms with Crippen molar-refractivity contribution in [2.24, 2.45) is 0 Å². The van der Waals surface area contributed by atoms with Crippen LogP contribution in [0.5, 0.6) is 0 Å². The molecule has 8 heteroatoms. The van der Waals surface area contributed by atoms with Gasteiger partial charge in [0.15, 0.2) is 6.61 Å². The van der Waals surface area contributed by atoms with Crippen molar-refractivity contribution < 1.29 is 23.9 Å². The Kier molecular flexibility index (Phi) is 5.87. The van der Waals surface area contributed by atoms with Gasteiger partial charge in [-0.3, -0.25) is 19.3 Å². The number of hydrogen-bond acceptors (Lipinski definition) is 5. The predicted octanol–water partition coefficient (Wildman–Crippen LogP) is 1.06. The summed E-state index contributed by atoms with van der Waals surface area (Å²) >= 11 is 0. The number of benzene rings is 1. The fraction of sp³-hybridized carbons (Fsp3) is 0.429. The van der Waals surface area contributed by atoms with Crippen LogP contribution in [-0.4, -0.2) is 54.0 Å². The minimum absolute atomic E-state index is 0.0145. The molecule has 0 bridgehead atoms. The van der Waals surface area contributed by atoms with Gasteiger partial charge in [-0.2, -0.15) is 0 Å². The van der Waals surface area contributed by atoms with Gasteiger partial charge >= 0.3 is 5.97 Å². The highest BCUT2D eigenvalue weighted by molar-refractivity contribution is 6.15. The van der Waals surface area contributed by atoms with E-state index in [9.17, 15) is 19.2 Å². The lowest BCUT2D eigenvalue weighted by molar-refractivity contribution is -0.160. The third kappa shape index (κ3) is 3.44. The molecule has 3 rings (SSSR count). The molecular formula is C21H23N3O5. The molecule has 3 amide bonds. The van der Waals surface area contributed by atoms with Crippen LogP contribution < -0.4 is 10.2 Å². The van der Waals surface area contributed by atoms with Crippen molar-refractivity contribution in [1.29, 1.82) is 0 Å². The van der Waals surface area contributed by atoms with Crippen molar-refractivity contribution in [3.63, 3.8) is 0 Å². The van der Waals surface area contributed by atoms with E-state index < -0.39 is 24.1 Å². The number of hydrogen-bond donors (Lipinski definition) is 1. The summed E-state index contributed by atoms with van der Waals surface area (Å²) in [5.74, 6) is 0.328. The van der Waals surface area contributed by atoms with Crippen molar-refractivity contribution in [2.45, 2.75) is 38.3 Å². The SMILES string of the molecule is C#CCNC(=O)COC(=O)[C@@]12CCC(=O)N1c1ccccc1C(=O)N2CCCC. The third-order valence-corrected chi connectivity index (χ3v) is 5.16. The monoisotopic (exact) mass is 397 g/mol. The van der Waals surface area contributed by atoms with Gasteiger partial charge in [0.1, 0.15) is 0 Å². The molecule has 0 radical (unpaired) electrons. The smallest absolute Gasteiger partial charge is 0.354 e. The lowest BCUT2D eigenvalue weighted by Gasteiger charge is -2.48. The van der Waals surface area contributed by atoms with E-state index in [0.29, 0.717) is 24.2 Å². The van der Waals surface area contributed by atoms with Crippen LogP contribution in [0.1, 0.15) is 43.0 Å². The summed E-state index contributed by atoms with van der Waals surface area (Å²) in [5, 5.41) is 2.41. The zero-order valence-corrected chi connectivity index (χ0v) is 16.3. The van der Waals surface area contributed by atoms with Crippen LogP contribution in [0, 0.1) is 12.3 Å². The first-order valence-electron chi connectivity index (χ1n) is 9.58. The van der Waals surface area contributed by atoms with E-state index in [4.69, 9.17) is 11.2 Å². The first kappa shape index (κ1) is 20.4. The Labute approximate surface area is 169 Å². The van der Waals surface area contributed by atoms with Gasteiger partial charge in [0.05, 0.1) is 17.8 Å². The number of carbonyl (C=O) groups is 4. The Bertz CT molecular complexity index is 891. The van der Waals surface area contributed by atoms with Gasteiger partial charge in [-0.25, -0.2) is 4.79 Å². The molecule has 1 aromatic rings. The number of fused-ring (bicyclic) bond motifs is 3. The van der Waals surface area contributed by atoms with Crippen molar-refractivity contribution in [3.8, 4) is 12.3 Å². The minimum Gasteiger partial charge on any atom is -0.452 e. The average Bonchev–Trinajstić information content (AvgIpc) is 3.08. The Hall–Kier alpha value is -3.34. The number of unbranched alkanes of at least 4 members (excludes halogenated alkanes) is 1. The zero-order valence-electron chi connectivity index (χ0n) is 16.3. The number of nitrogens with one attached hydrogen (secondary N) is 1. The van der Waals surface area contributed by atoms with Crippen LogP contribution in [0.2, 0.25) is 0 Å². The summed E-state index contributed by atoms with van der Waals surface area (Å²) in [7, 11) is 0. The quantitative estimate of drug-likeness (QED) is 0.548. The third-order valence-electron chi connectivity index (χ3n) is 5.16. The van der Waals surface area contributed by atoms with Crippen LogP contribution in [0.4, 0.5) is 5.69 Å². The molecule has 2 aliphatic rings. The topological polar surface area (TPSA) is 96.0 Å². The Morgan fingerprint density at radius 3 is 2.79 bits per heavy atom. The van der Waals surface area contributed by atoms with Crippen LogP contribution in [0.25, 0.3) is 0 Å². The molecule has 1 fully saturated rings. The van der Waals surface area contributed by atoms with Crippen LogP contribution in [-0.2, 0) is 19.1 Å². The van der Waals surface area contributed by atoms with Crippen molar-refractivity contribution in [1.82, 2.24) is 10.2 Å². The summed E-state index contributed by atoms with van der Waals surface area (Å²) in [6, 6.07) is 6.72. The Balaban J connectivity index is 1.98. The van der Waals surface area contributed by atoms with E-state index >= 15 is 0 Å². The summed E-state index contributed by atoms with van der Waals surface area (Å²) in [6.45, 7) is 1.75. The summed E-state index contributed by atoms with van der Waals surface area (Å²) in [4.78, 5) is 53.8. The van der Waals surface area contributed by atoms with Crippen molar-refractivity contribution >= 4 is 29.4 Å². The predicted molar refractivity (Wildman–Crippen MR) is 105 cm³/mol. The second-order valence-electron chi connectivity index (χ2n) is 6.93. The molecule has 0 spiro atoms. The lowest BCUT2D eigenvalue weighted by Crippen LogP contribution is -2.68. The second kappa shape index (κ2) is 8.35. The van der Waals surface area contributed by atoms with Gasteiger partial charge in [-0.15, -0.1) is 6.42 Å². The summed E-state index contributed by atoms with van der Waals surface area (Å²) in [6.07, 6.45) is 6.77. The molecule has 1 saturated heterocycles. The maximum absolute atomic E-state index is 13.2. The van der Waals surface area contributed by atoms with Gasteiger partial charge in [0.25, 0.3) is 11.8 Å². The number of carbonyl (C=O) groups excluding carboxylic acids is 4. The maximum Gasteiger partial charge on any atom is 0.354 e. The molecule has 2 heterocycles. The van der Waals surface area contributed by atoms with E-state index in [1.165, 1.54) is 9.80 Å². The largest absolute Gasteiger partial charge is 0.452 e. The van der Waals surface area contributed by atoms with Gasteiger partial charge in [0.2, 0.25) is 11.6 Å². The van der Waals surface area contributed by atoms with E-state index in [2.05, 4.69) is 11.2 Å². The van der Waals surface area contributed by atoms with Crippen molar-refractivity contribution in [2.75, 3.05) is 24.6 Å². The molecule has 1 aromatic carbocycles. The number of para-hydroxylation sites is 1. The van der Waals surface area contributed by atoms with Crippen molar-refractivity contribution in [3.05, 3.63) is 29.8 Å². The highest BCUT2D eigenvalue weighted by Gasteiger charge is 2.61. The van der Waals surface area contributed by atoms with Gasteiger partial charge in [-0.1, -0.05) is 31.4 Å². The molecule has 152 valence electrons. The Morgan fingerprint density at radius 2 is 2.07 bits per heavy atom. The second-order valence-corrected chi connectivity index (χ2v) is 6.93. The molecule has 29 heavy (non-hydrogen) atoms. The van der Waals surface area contributed by atoms with Gasteiger partial charge in [0, 0.05) is 19.4 Å². The van der Waals surface area contributed by atoms with Crippen LogP contribution in [0.3, 0.4) is 0 Å². The molecule has 8 nitrogen and oxygen atoms in total. The number of terminal acetylenes is 1. The first-order chi connectivity index (χ1) is 14.0. The van der Waals surface area contributed by atoms with Gasteiger partial charge in [-0.05, 0) is 18.6 Å². The number of nitrogens with zero attached hydrogens (tertiary/aromatic N) is 2. The molecule has 1 N–H and O–H groups in total. The zero-order chi connectivity index (χ0) is 21.0. The maximum atomic E-state index is 13.2. The summed E-state index contributed by atoms with van der Waals surface area (Å²) < 4.78 is 5.26. The van der Waals surface area contributed by atoms with E-state index in [1.54, 1.807) is 24.3 Å². The van der Waals surface area contributed by atoms with E-state index in [-0.39, 0.29) is 31.2 Å². The van der Waals surface area contributed by atoms with Crippen LogP contribution >= 0.6 is 0 Å². The molecule has 0 saturated carbocycles. The van der Waals surface area contributed by atoms with Gasteiger partial charge < -0.3 is 15.0 Å². The standard InChI is InChI=1S/C21H23N3O5/c1-3-5-13-23-19(27)15-8-6-7-9-16(15)24-18(26)10-11-21(23,24)20(28)29-14-17(25)22-12-4-2/h2,6-9H,3,5,10-14H2,1H3,(H,22,25)/t21-/m1/s1. The summed E-state index contributed by atoms with van der Waals surface area (Å²) in [5.41, 5.74) is -0.820. The minimum atomic E-state index is -1.58. The number of ether oxygens (including phenoxy) is 1. The average molecular weight is 397 g/mol. The van der Waals surface area contributed by atoms with Crippen LogP contribution in [0.15, 0.2) is 24.3 Å².